The molecule has 190 valence electrons. The standard InChI is InChI=1S/C24H26N4O8/c1-7-31-19-17-15(27(5)21(35-17)13(11-25)23(29)33-9-3)16-18(20(19)32-8-2)36-22(28(16)6)14(12-26)24(30)34-10-4/h7-10H2,1-6H3/b21-13-,22-14-. The highest BCUT2D eigenvalue weighted by Gasteiger charge is 2.45. The van der Waals surface area contributed by atoms with E-state index in [2.05, 4.69) is 0 Å². The number of hydrogen-bond donors (Lipinski definition) is 0. The molecule has 12 nitrogen and oxygen atoms in total. The molecule has 0 atom stereocenters. The molecule has 0 fully saturated rings. The molecular weight excluding hydrogens is 472 g/mol. The Labute approximate surface area is 208 Å². The Morgan fingerprint density at radius 3 is 1.36 bits per heavy atom. The van der Waals surface area contributed by atoms with Crippen molar-refractivity contribution in [3.8, 4) is 35.1 Å². The number of carbonyl (C=O) groups excluding carboxylic acids is 2. The maximum absolute atomic E-state index is 12.5. The number of nitriles is 2. The second-order valence-corrected chi connectivity index (χ2v) is 7.23. The maximum atomic E-state index is 12.5. The van der Waals surface area contributed by atoms with Crippen LogP contribution in [0.5, 0.6) is 23.0 Å². The molecule has 1 aromatic rings. The van der Waals surface area contributed by atoms with Crippen LogP contribution in [-0.4, -0.2) is 52.5 Å². The highest BCUT2D eigenvalue weighted by Crippen LogP contribution is 2.63. The second kappa shape index (κ2) is 10.8. The van der Waals surface area contributed by atoms with Gasteiger partial charge in [0.1, 0.15) is 23.5 Å². The lowest BCUT2D eigenvalue weighted by atomic mass is 10.1. The summed E-state index contributed by atoms with van der Waals surface area (Å²) >= 11 is 0. The van der Waals surface area contributed by atoms with Crippen molar-refractivity contribution in [1.29, 1.82) is 10.5 Å². The third-order valence-electron chi connectivity index (χ3n) is 5.14. The Bertz CT molecular complexity index is 1140. The van der Waals surface area contributed by atoms with E-state index in [9.17, 15) is 20.1 Å². The topological polar surface area (TPSA) is 144 Å². The fourth-order valence-corrected chi connectivity index (χ4v) is 3.74. The third-order valence-corrected chi connectivity index (χ3v) is 5.14. The molecule has 0 bridgehead atoms. The zero-order chi connectivity index (χ0) is 26.6. The summed E-state index contributed by atoms with van der Waals surface area (Å²) in [5, 5.41) is 19.4. The summed E-state index contributed by atoms with van der Waals surface area (Å²) in [6.45, 7) is 7.35. The fraction of sp³-hybridized carbons (Fsp3) is 0.417. The maximum Gasteiger partial charge on any atom is 0.354 e. The van der Waals surface area contributed by atoms with Crippen molar-refractivity contribution in [3.63, 3.8) is 0 Å². The number of hydrogen-bond acceptors (Lipinski definition) is 12. The number of carbonyl (C=O) groups is 2. The molecule has 0 saturated heterocycles. The van der Waals surface area contributed by atoms with Gasteiger partial charge in [-0.15, -0.1) is 0 Å². The molecule has 2 aliphatic rings. The molecule has 0 unspecified atom stereocenters. The van der Waals surface area contributed by atoms with Crippen LogP contribution in [0.1, 0.15) is 27.7 Å². The van der Waals surface area contributed by atoms with Gasteiger partial charge in [-0.25, -0.2) is 9.59 Å². The Hall–Kier alpha value is -4.58. The van der Waals surface area contributed by atoms with Crippen molar-refractivity contribution >= 4 is 23.3 Å². The molecule has 0 amide bonds. The van der Waals surface area contributed by atoms with E-state index >= 15 is 0 Å². The van der Waals surface area contributed by atoms with Crippen molar-refractivity contribution in [2.45, 2.75) is 27.7 Å². The summed E-state index contributed by atoms with van der Waals surface area (Å²) in [5.41, 5.74) is 0.0164. The number of anilines is 2. The van der Waals surface area contributed by atoms with Gasteiger partial charge in [0.25, 0.3) is 0 Å². The average molecular weight is 498 g/mol. The molecule has 1 aromatic carbocycles. The predicted octanol–water partition coefficient (Wildman–Crippen LogP) is 2.74. The van der Waals surface area contributed by atoms with Gasteiger partial charge in [0.05, 0.1) is 26.4 Å². The van der Waals surface area contributed by atoms with Gasteiger partial charge in [0.2, 0.25) is 34.8 Å². The minimum Gasteiger partial charge on any atom is -0.487 e. The normalized spacial score (nSPS) is 16.0. The summed E-state index contributed by atoms with van der Waals surface area (Å²) < 4.78 is 33.7. The SMILES string of the molecule is CCOC(=O)/C(C#N)=C1\Oc2c(OCC)c(OCC)c3c(c2N1C)N(C)/C(=C(\C#N)C(=O)OCC)O3. The summed E-state index contributed by atoms with van der Waals surface area (Å²) in [6, 6.07) is 3.67. The molecule has 3 rings (SSSR count). The van der Waals surface area contributed by atoms with Crippen molar-refractivity contribution in [2.24, 2.45) is 0 Å². The summed E-state index contributed by atoms with van der Waals surface area (Å²) in [6.07, 6.45) is 0. The van der Waals surface area contributed by atoms with Crippen LogP contribution in [-0.2, 0) is 19.1 Å². The third kappa shape index (κ3) is 4.18. The van der Waals surface area contributed by atoms with Crippen LogP contribution in [0.2, 0.25) is 0 Å². The van der Waals surface area contributed by atoms with Gasteiger partial charge >= 0.3 is 11.9 Å². The molecule has 0 radical (unpaired) electrons. The minimum atomic E-state index is -0.853. The Kier molecular flexibility index (Phi) is 7.80. The van der Waals surface area contributed by atoms with Crippen molar-refractivity contribution in [1.82, 2.24) is 0 Å². The molecule has 0 saturated carbocycles. The van der Waals surface area contributed by atoms with Crippen molar-refractivity contribution < 1.29 is 38.0 Å². The quantitative estimate of drug-likeness (QED) is 0.295. The molecule has 0 spiro atoms. The van der Waals surface area contributed by atoms with E-state index in [4.69, 9.17) is 28.4 Å². The summed E-state index contributed by atoms with van der Waals surface area (Å²) in [7, 11) is 3.17. The average Bonchev–Trinajstić information content (AvgIpc) is 3.35. The number of ether oxygens (including phenoxy) is 6. The highest BCUT2D eigenvalue weighted by atomic mass is 16.6. The smallest absolute Gasteiger partial charge is 0.354 e. The Balaban J connectivity index is 2.34. The van der Waals surface area contributed by atoms with Gasteiger partial charge in [-0.1, -0.05) is 0 Å². The second-order valence-electron chi connectivity index (χ2n) is 7.23. The molecule has 0 N–H and O–H groups in total. The first-order valence-electron chi connectivity index (χ1n) is 11.3. The van der Waals surface area contributed by atoms with E-state index in [-0.39, 0.29) is 72.3 Å². The summed E-state index contributed by atoms with van der Waals surface area (Å²) in [4.78, 5) is 27.9. The van der Waals surface area contributed by atoms with E-state index in [1.54, 1.807) is 41.8 Å². The van der Waals surface area contributed by atoms with Crippen LogP contribution in [0.3, 0.4) is 0 Å². The molecule has 12 heteroatoms. The molecule has 2 aliphatic heterocycles. The zero-order valence-electron chi connectivity index (χ0n) is 20.9. The molecule has 0 aromatic heterocycles. The molecular formula is C24H26N4O8. The molecule has 0 aliphatic carbocycles. The van der Waals surface area contributed by atoms with Crippen molar-refractivity contribution in [3.05, 3.63) is 22.9 Å². The lowest BCUT2D eigenvalue weighted by Gasteiger charge is -2.20. The van der Waals surface area contributed by atoms with Gasteiger partial charge in [-0.05, 0) is 27.7 Å². The molecule has 2 heterocycles. The highest BCUT2D eigenvalue weighted by molar-refractivity contribution is 6.01. The van der Waals surface area contributed by atoms with E-state index in [0.717, 1.165) is 0 Å². The first-order chi connectivity index (χ1) is 17.3. The van der Waals surface area contributed by atoms with Crippen LogP contribution in [0.15, 0.2) is 22.9 Å². The lowest BCUT2D eigenvalue weighted by molar-refractivity contribution is -0.139. The Morgan fingerprint density at radius 2 is 1.08 bits per heavy atom. The van der Waals surface area contributed by atoms with E-state index in [0.29, 0.717) is 11.4 Å². The largest absolute Gasteiger partial charge is 0.487 e. The monoisotopic (exact) mass is 498 g/mol. The number of benzene rings is 1. The number of rotatable bonds is 8. The van der Waals surface area contributed by atoms with Crippen LogP contribution in [0.4, 0.5) is 11.4 Å². The number of esters is 2. The van der Waals surface area contributed by atoms with E-state index in [1.807, 2.05) is 12.1 Å². The molecule has 36 heavy (non-hydrogen) atoms. The van der Waals surface area contributed by atoms with Crippen LogP contribution in [0, 0.1) is 22.7 Å². The number of nitrogens with zero attached hydrogens (tertiary/aromatic N) is 4. The fourth-order valence-electron chi connectivity index (χ4n) is 3.74. The van der Waals surface area contributed by atoms with Gasteiger partial charge in [0, 0.05) is 14.1 Å². The Morgan fingerprint density at radius 1 is 0.722 bits per heavy atom. The first-order valence-corrected chi connectivity index (χ1v) is 11.3. The van der Waals surface area contributed by atoms with E-state index < -0.39 is 11.9 Å². The van der Waals surface area contributed by atoms with Gasteiger partial charge in [-0.3, -0.25) is 0 Å². The van der Waals surface area contributed by atoms with E-state index in [1.165, 1.54) is 9.80 Å². The predicted molar refractivity (Wildman–Crippen MR) is 125 cm³/mol. The van der Waals surface area contributed by atoms with Crippen LogP contribution < -0.4 is 28.7 Å². The number of fused-ring (bicyclic) bond motifs is 3. The van der Waals surface area contributed by atoms with Gasteiger partial charge in [0.15, 0.2) is 11.1 Å². The van der Waals surface area contributed by atoms with Gasteiger partial charge < -0.3 is 38.2 Å². The lowest BCUT2D eigenvalue weighted by Crippen LogP contribution is -2.23. The first kappa shape index (κ1) is 26.0. The van der Waals surface area contributed by atoms with Crippen molar-refractivity contribution in [2.75, 3.05) is 50.3 Å². The minimum absolute atomic E-state index is 0.0670. The summed E-state index contributed by atoms with van der Waals surface area (Å²) in [5.74, 6) is -1.21. The van der Waals surface area contributed by atoms with Crippen LogP contribution in [0.25, 0.3) is 0 Å². The van der Waals surface area contributed by atoms with Crippen LogP contribution >= 0.6 is 0 Å². The van der Waals surface area contributed by atoms with Gasteiger partial charge in [-0.2, -0.15) is 10.5 Å². The zero-order valence-corrected chi connectivity index (χ0v) is 20.9.